The number of rotatable bonds is 8. The van der Waals surface area contributed by atoms with Crippen LogP contribution in [-0.4, -0.2) is 26.7 Å². The number of hydrogen-bond acceptors (Lipinski definition) is 6. The summed E-state index contributed by atoms with van der Waals surface area (Å²) in [5.41, 5.74) is 5.38. The molecule has 3 aromatic carbocycles. The van der Waals surface area contributed by atoms with Crippen LogP contribution in [0.25, 0.3) is 5.69 Å². The normalized spacial score (nSPS) is 16.2. The van der Waals surface area contributed by atoms with Gasteiger partial charge in [-0.25, -0.2) is 0 Å². The van der Waals surface area contributed by atoms with E-state index in [1.807, 2.05) is 86.6 Å². The molecule has 216 valence electrons. The maximum absolute atomic E-state index is 11.4. The minimum atomic E-state index is -0.427. The molecule has 5 aromatic rings. The van der Waals surface area contributed by atoms with Gasteiger partial charge >= 0.3 is 0 Å². The van der Waals surface area contributed by atoms with Crippen LogP contribution in [0.5, 0.6) is 17.2 Å². The number of benzene rings is 3. The van der Waals surface area contributed by atoms with Gasteiger partial charge in [-0.15, -0.1) is 0 Å². The third-order valence-corrected chi connectivity index (χ3v) is 7.91. The van der Waals surface area contributed by atoms with Gasteiger partial charge in [0.25, 0.3) is 5.69 Å². The van der Waals surface area contributed by atoms with Crippen molar-refractivity contribution in [3.05, 3.63) is 136 Å². The molecule has 2 aromatic heterocycles. The van der Waals surface area contributed by atoms with Crippen LogP contribution in [0.3, 0.4) is 0 Å². The van der Waals surface area contributed by atoms with Crippen LogP contribution in [0.2, 0.25) is 0 Å². The van der Waals surface area contributed by atoms with Crippen molar-refractivity contribution in [2.45, 2.75) is 25.9 Å². The summed E-state index contributed by atoms with van der Waals surface area (Å²) < 4.78 is 13.7. The zero-order valence-corrected chi connectivity index (χ0v) is 24.6. The average Bonchev–Trinajstić information content (AvgIpc) is 3.52. The smallest absolute Gasteiger partial charge is 0.273 e. The highest BCUT2D eigenvalue weighted by molar-refractivity contribution is 7.80. The molecule has 10 heteroatoms. The number of aryl methyl sites for hydroxylation is 1. The molecule has 3 heterocycles. The number of thiocarbonyl (C=S) groups is 1. The molecule has 1 N–H and O–H groups in total. The molecule has 0 amide bonds. The van der Waals surface area contributed by atoms with Crippen molar-refractivity contribution in [1.29, 1.82) is 0 Å². The van der Waals surface area contributed by atoms with Crippen molar-refractivity contribution in [3.63, 3.8) is 0 Å². The summed E-state index contributed by atoms with van der Waals surface area (Å²) in [7, 11) is 1.51. The van der Waals surface area contributed by atoms with Crippen LogP contribution in [0.4, 0.5) is 11.4 Å². The lowest BCUT2D eigenvalue weighted by Crippen LogP contribution is -2.29. The van der Waals surface area contributed by atoms with Crippen molar-refractivity contribution in [2.75, 3.05) is 12.0 Å². The number of ether oxygens (including phenoxy) is 2. The van der Waals surface area contributed by atoms with E-state index < -0.39 is 4.92 Å². The quantitative estimate of drug-likeness (QED) is 0.114. The molecular formula is C33H29N5O4S. The number of non-ortho nitro benzene ring substituents is 1. The number of nitrogens with zero attached hydrogens (tertiary/aromatic N) is 4. The molecule has 0 radical (unpaired) electrons. The minimum Gasteiger partial charge on any atom is -0.494 e. The zero-order chi connectivity index (χ0) is 30.1. The molecule has 43 heavy (non-hydrogen) atoms. The van der Waals surface area contributed by atoms with Crippen LogP contribution in [-0.2, 0) is 0 Å². The largest absolute Gasteiger partial charge is 0.494 e. The summed E-state index contributed by atoms with van der Waals surface area (Å²) in [6.45, 7) is 4.04. The van der Waals surface area contributed by atoms with Gasteiger partial charge in [-0.05, 0) is 92.3 Å². The first kappa shape index (κ1) is 27.9. The summed E-state index contributed by atoms with van der Waals surface area (Å²) in [6.07, 6.45) is 1.78. The first-order valence-electron chi connectivity index (χ1n) is 13.7. The number of pyridine rings is 1. The Balaban J connectivity index is 1.43. The van der Waals surface area contributed by atoms with Gasteiger partial charge in [0.15, 0.2) is 5.11 Å². The fourth-order valence-electron chi connectivity index (χ4n) is 5.67. The fraction of sp³-hybridized carbons (Fsp3) is 0.152. The number of anilines is 1. The van der Waals surface area contributed by atoms with Crippen LogP contribution >= 0.6 is 12.2 Å². The van der Waals surface area contributed by atoms with Gasteiger partial charge in [0.1, 0.15) is 17.2 Å². The minimum absolute atomic E-state index is 0.0327. The topological polar surface area (TPSA) is 94.7 Å². The van der Waals surface area contributed by atoms with E-state index in [1.54, 1.807) is 12.3 Å². The molecule has 0 aliphatic carbocycles. The maximum Gasteiger partial charge on any atom is 0.273 e. The predicted octanol–water partition coefficient (Wildman–Crippen LogP) is 7.38. The Bertz CT molecular complexity index is 1790. The van der Waals surface area contributed by atoms with Crippen molar-refractivity contribution >= 4 is 28.7 Å². The van der Waals surface area contributed by atoms with Crippen molar-refractivity contribution in [3.8, 4) is 22.9 Å². The van der Waals surface area contributed by atoms with E-state index in [0.29, 0.717) is 22.3 Å². The zero-order valence-electron chi connectivity index (χ0n) is 23.8. The van der Waals surface area contributed by atoms with Gasteiger partial charge in [-0.1, -0.05) is 24.3 Å². The number of nitro groups is 1. The maximum atomic E-state index is 11.4. The number of methoxy groups -OCH3 is 1. The van der Waals surface area contributed by atoms with Crippen LogP contribution in [0.1, 0.15) is 34.7 Å². The molecule has 0 bridgehead atoms. The Morgan fingerprint density at radius 2 is 1.65 bits per heavy atom. The molecule has 1 fully saturated rings. The molecule has 9 nitrogen and oxygen atoms in total. The van der Waals surface area contributed by atoms with Gasteiger partial charge in [0.2, 0.25) is 0 Å². The van der Waals surface area contributed by atoms with Crippen LogP contribution < -0.4 is 19.7 Å². The highest BCUT2D eigenvalue weighted by atomic mass is 32.1. The number of nitrogens with one attached hydrogen (secondary N) is 1. The highest BCUT2D eigenvalue weighted by Crippen LogP contribution is 2.44. The average molecular weight is 592 g/mol. The third-order valence-electron chi connectivity index (χ3n) is 7.60. The molecule has 0 saturated carbocycles. The van der Waals surface area contributed by atoms with Gasteiger partial charge in [0.05, 0.1) is 41.6 Å². The lowest BCUT2D eigenvalue weighted by molar-refractivity contribution is -0.384. The van der Waals surface area contributed by atoms with E-state index in [0.717, 1.165) is 34.1 Å². The highest BCUT2D eigenvalue weighted by Gasteiger charge is 2.42. The summed E-state index contributed by atoms with van der Waals surface area (Å²) in [5.74, 6) is 1.89. The molecule has 0 unspecified atom stereocenters. The third kappa shape index (κ3) is 5.28. The molecular weight excluding hydrogens is 562 g/mol. The van der Waals surface area contributed by atoms with Gasteiger partial charge in [-0.3, -0.25) is 15.1 Å². The molecule has 1 saturated heterocycles. The van der Waals surface area contributed by atoms with Crippen LogP contribution in [0, 0.1) is 24.0 Å². The van der Waals surface area contributed by atoms with E-state index in [-0.39, 0.29) is 17.8 Å². The Morgan fingerprint density at radius 1 is 0.930 bits per heavy atom. The Kier molecular flexibility index (Phi) is 7.52. The number of hydrogen-bond donors (Lipinski definition) is 1. The lowest BCUT2D eigenvalue weighted by Gasteiger charge is -2.28. The second-order valence-corrected chi connectivity index (χ2v) is 10.6. The summed E-state index contributed by atoms with van der Waals surface area (Å²) >= 11 is 5.93. The van der Waals surface area contributed by atoms with E-state index in [2.05, 4.69) is 25.8 Å². The Hall–Kier alpha value is -5.22. The Morgan fingerprint density at radius 3 is 2.33 bits per heavy atom. The number of nitro benzene ring substituents is 1. The van der Waals surface area contributed by atoms with Crippen molar-refractivity contribution in [2.24, 2.45) is 0 Å². The molecule has 2 atom stereocenters. The molecule has 1 aliphatic rings. The first-order chi connectivity index (χ1) is 20.9. The second kappa shape index (κ2) is 11.6. The lowest BCUT2D eigenvalue weighted by atomic mass is 9.96. The van der Waals surface area contributed by atoms with Crippen molar-refractivity contribution in [1.82, 2.24) is 14.9 Å². The number of para-hydroxylation sites is 1. The standard InChI is InChI=1S/C33H29N5O4S/c1-21-19-27(22(2)36(21)29-17-14-24(38(39)40)20-30(29)41-3)32-31(28-11-7-8-18-34-28)35-33(43)37(32)23-12-15-26(16-13-23)42-25-9-5-4-6-10-25/h4-20,31-32H,1-3H3,(H,35,43)/t31-,32-/m1/s1. The van der Waals surface area contributed by atoms with Gasteiger partial charge < -0.3 is 24.3 Å². The van der Waals surface area contributed by atoms with E-state index in [1.165, 1.54) is 19.2 Å². The molecule has 6 rings (SSSR count). The summed E-state index contributed by atoms with van der Waals surface area (Å²) in [5, 5.41) is 15.5. The van der Waals surface area contributed by atoms with Gasteiger partial charge in [0, 0.05) is 29.3 Å². The molecule has 1 aliphatic heterocycles. The van der Waals surface area contributed by atoms with E-state index in [9.17, 15) is 10.1 Å². The number of aromatic nitrogens is 2. The van der Waals surface area contributed by atoms with Gasteiger partial charge in [-0.2, -0.15) is 0 Å². The monoisotopic (exact) mass is 591 g/mol. The second-order valence-electron chi connectivity index (χ2n) is 10.2. The van der Waals surface area contributed by atoms with E-state index in [4.69, 9.17) is 21.7 Å². The predicted molar refractivity (Wildman–Crippen MR) is 169 cm³/mol. The Labute approximate surface area is 254 Å². The first-order valence-corrected chi connectivity index (χ1v) is 14.1. The van der Waals surface area contributed by atoms with Crippen LogP contribution in [0.15, 0.2) is 103 Å². The van der Waals surface area contributed by atoms with Crippen molar-refractivity contribution < 1.29 is 14.4 Å². The fourth-order valence-corrected chi connectivity index (χ4v) is 6.02. The summed E-state index contributed by atoms with van der Waals surface area (Å²) in [4.78, 5) is 17.8. The van der Waals surface area contributed by atoms with E-state index >= 15 is 0 Å². The molecule has 0 spiro atoms. The SMILES string of the molecule is COc1cc([N+](=O)[O-])ccc1-n1c(C)cc([C@@H]2[C@@H](c3ccccn3)NC(=S)N2c2ccc(Oc3ccccc3)cc2)c1C. The summed E-state index contributed by atoms with van der Waals surface area (Å²) in [6, 6.07) is 29.7.